The maximum atomic E-state index is 12.3. The minimum atomic E-state index is 0. The molecule has 0 aromatic heterocycles. The Morgan fingerprint density at radius 2 is 2.12 bits per heavy atom. The molecule has 134 valence electrons. The largest absolute Gasteiger partial charge is 0.488 e. The third kappa shape index (κ3) is 5.16. The van der Waals surface area contributed by atoms with Gasteiger partial charge in [0, 0.05) is 25.5 Å². The molecule has 0 saturated carbocycles. The van der Waals surface area contributed by atoms with E-state index in [0.29, 0.717) is 34.7 Å². The summed E-state index contributed by atoms with van der Waals surface area (Å²) in [5.41, 5.74) is 0. The highest BCUT2D eigenvalue weighted by Crippen LogP contribution is 2.28. The van der Waals surface area contributed by atoms with Crippen LogP contribution in [-0.2, 0) is 4.79 Å². The molecule has 2 heterocycles. The van der Waals surface area contributed by atoms with E-state index in [1.165, 1.54) is 6.42 Å². The van der Waals surface area contributed by atoms with Crippen molar-refractivity contribution in [2.24, 2.45) is 5.92 Å². The second-order valence-electron chi connectivity index (χ2n) is 6.34. The molecule has 1 aromatic rings. The highest BCUT2D eigenvalue weighted by atomic mass is 35.5. The van der Waals surface area contributed by atoms with Crippen LogP contribution < -0.4 is 10.1 Å². The number of ether oxygens (including phenoxy) is 1. The first-order valence-electron chi connectivity index (χ1n) is 8.22. The van der Waals surface area contributed by atoms with E-state index in [0.717, 1.165) is 32.5 Å². The zero-order valence-electron chi connectivity index (χ0n) is 13.5. The van der Waals surface area contributed by atoms with Crippen LogP contribution in [0.25, 0.3) is 0 Å². The summed E-state index contributed by atoms with van der Waals surface area (Å²) in [5.74, 6) is 1.61. The van der Waals surface area contributed by atoms with E-state index in [2.05, 4.69) is 5.32 Å². The molecular weight excluding hydrogens is 371 g/mol. The highest BCUT2D eigenvalue weighted by Gasteiger charge is 2.28. The third-order valence-electron chi connectivity index (χ3n) is 4.62. The summed E-state index contributed by atoms with van der Waals surface area (Å²) in [5, 5.41) is 4.35. The van der Waals surface area contributed by atoms with Crippen molar-refractivity contribution in [1.82, 2.24) is 10.2 Å². The van der Waals surface area contributed by atoms with Crippen molar-refractivity contribution in [3.05, 3.63) is 28.2 Å². The number of nitrogens with one attached hydrogen (secondary N) is 1. The van der Waals surface area contributed by atoms with Crippen molar-refractivity contribution < 1.29 is 9.53 Å². The van der Waals surface area contributed by atoms with Gasteiger partial charge in [-0.05, 0) is 44.0 Å². The number of amides is 1. The first kappa shape index (κ1) is 19.6. The van der Waals surface area contributed by atoms with Crippen molar-refractivity contribution in [3.8, 4) is 5.75 Å². The van der Waals surface area contributed by atoms with E-state index in [9.17, 15) is 4.79 Å². The first-order chi connectivity index (χ1) is 11.1. The summed E-state index contributed by atoms with van der Waals surface area (Å²) in [6, 6.07) is 5.26. The van der Waals surface area contributed by atoms with E-state index in [1.807, 2.05) is 11.0 Å². The van der Waals surface area contributed by atoms with Crippen LogP contribution in [0.2, 0.25) is 10.0 Å². The second kappa shape index (κ2) is 9.14. The molecule has 24 heavy (non-hydrogen) atoms. The van der Waals surface area contributed by atoms with Crippen LogP contribution in [-0.4, -0.2) is 43.1 Å². The summed E-state index contributed by atoms with van der Waals surface area (Å²) in [6.07, 6.45) is 3.71. The summed E-state index contributed by atoms with van der Waals surface area (Å²) in [7, 11) is 0. The van der Waals surface area contributed by atoms with Crippen molar-refractivity contribution in [2.75, 3.05) is 26.2 Å². The van der Waals surface area contributed by atoms with E-state index in [-0.39, 0.29) is 24.4 Å². The zero-order valence-corrected chi connectivity index (χ0v) is 15.8. The van der Waals surface area contributed by atoms with Gasteiger partial charge >= 0.3 is 0 Å². The third-order valence-corrected chi connectivity index (χ3v) is 5.36. The zero-order chi connectivity index (χ0) is 16.2. The molecule has 3 rings (SSSR count). The lowest BCUT2D eigenvalue weighted by Gasteiger charge is -2.18. The summed E-state index contributed by atoms with van der Waals surface area (Å²) in [6.45, 7) is 3.56. The molecule has 2 saturated heterocycles. The number of carbonyl (C=O) groups excluding carboxylic acids is 1. The lowest BCUT2D eigenvalue weighted by atomic mass is 10.0. The molecule has 7 heteroatoms. The highest BCUT2D eigenvalue weighted by molar-refractivity contribution is 6.42. The Morgan fingerprint density at radius 3 is 2.83 bits per heavy atom. The van der Waals surface area contributed by atoms with Gasteiger partial charge in [0.15, 0.2) is 0 Å². The van der Waals surface area contributed by atoms with Gasteiger partial charge in [-0.3, -0.25) is 4.79 Å². The number of hydrogen-bond donors (Lipinski definition) is 1. The Kier molecular flexibility index (Phi) is 7.48. The Labute approximate surface area is 159 Å². The van der Waals surface area contributed by atoms with Gasteiger partial charge in [0.25, 0.3) is 0 Å². The lowest BCUT2D eigenvalue weighted by molar-refractivity contribution is -0.130. The fraction of sp³-hybridized carbons (Fsp3) is 0.588. The van der Waals surface area contributed by atoms with Crippen LogP contribution in [0.3, 0.4) is 0 Å². The molecule has 2 aliphatic rings. The van der Waals surface area contributed by atoms with Crippen LogP contribution in [0.1, 0.15) is 25.7 Å². The monoisotopic (exact) mass is 392 g/mol. The minimum Gasteiger partial charge on any atom is -0.488 e. The summed E-state index contributed by atoms with van der Waals surface area (Å²) >= 11 is 11.9. The smallest absolute Gasteiger partial charge is 0.222 e. The van der Waals surface area contributed by atoms with Crippen molar-refractivity contribution in [2.45, 2.75) is 31.8 Å². The molecule has 1 amide bonds. The molecule has 4 nitrogen and oxygen atoms in total. The molecule has 1 N–H and O–H groups in total. The van der Waals surface area contributed by atoms with Gasteiger partial charge in [-0.25, -0.2) is 0 Å². The van der Waals surface area contributed by atoms with Gasteiger partial charge in [0.2, 0.25) is 5.91 Å². The second-order valence-corrected chi connectivity index (χ2v) is 7.16. The molecule has 1 aromatic carbocycles. The molecule has 0 aliphatic carbocycles. The average Bonchev–Trinajstić information content (AvgIpc) is 3.20. The molecule has 2 aliphatic heterocycles. The predicted octanol–water partition coefficient (Wildman–Crippen LogP) is 3.78. The summed E-state index contributed by atoms with van der Waals surface area (Å²) < 4.78 is 5.92. The van der Waals surface area contributed by atoms with E-state index < -0.39 is 0 Å². The Hall–Kier alpha value is -0.680. The van der Waals surface area contributed by atoms with Crippen LogP contribution >= 0.6 is 35.6 Å². The van der Waals surface area contributed by atoms with Crippen LogP contribution in [0, 0.1) is 5.92 Å². The lowest BCUT2D eigenvalue weighted by Crippen LogP contribution is -2.31. The first-order valence-corrected chi connectivity index (χ1v) is 8.97. The van der Waals surface area contributed by atoms with Gasteiger partial charge in [0.05, 0.1) is 16.6 Å². The molecule has 0 radical (unpaired) electrons. The molecule has 0 bridgehead atoms. The molecular formula is C17H23Cl3N2O2. The van der Waals surface area contributed by atoms with Gasteiger partial charge in [-0.1, -0.05) is 23.2 Å². The van der Waals surface area contributed by atoms with Crippen molar-refractivity contribution in [3.63, 3.8) is 0 Å². The van der Waals surface area contributed by atoms with Gasteiger partial charge < -0.3 is 15.0 Å². The number of hydrogen-bond acceptors (Lipinski definition) is 3. The number of benzene rings is 1. The standard InChI is InChI=1S/C17H22Cl2N2O2.ClH/c18-15-3-2-13(9-16(15)19)23-14-6-8-21(11-14)17(22)4-1-12-5-7-20-10-12;/h2-3,9,12,14,20H,1,4-8,10-11H2;1H. The molecule has 0 spiro atoms. The maximum Gasteiger partial charge on any atom is 0.222 e. The van der Waals surface area contributed by atoms with E-state index in [1.54, 1.807) is 12.1 Å². The molecule has 2 unspecified atom stereocenters. The predicted molar refractivity (Wildman–Crippen MR) is 99.5 cm³/mol. The van der Waals surface area contributed by atoms with Gasteiger partial charge in [-0.15, -0.1) is 12.4 Å². The van der Waals surface area contributed by atoms with E-state index >= 15 is 0 Å². The van der Waals surface area contributed by atoms with Crippen LogP contribution in [0.5, 0.6) is 5.75 Å². The SMILES string of the molecule is Cl.O=C(CCC1CCNC1)N1CCC(Oc2ccc(Cl)c(Cl)c2)C1. The Balaban J connectivity index is 0.00000208. The quantitative estimate of drug-likeness (QED) is 0.827. The number of halogens is 3. The van der Waals surface area contributed by atoms with Crippen LogP contribution in [0.15, 0.2) is 18.2 Å². The normalized spacial score (nSPS) is 23.2. The fourth-order valence-electron chi connectivity index (χ4n) is 3.24. The van der Waals surface area contributed by atoms with Crippen molar-refractivity contribution >= 4 is 41.5 Å². The number of nitrogens with zero attached hydrogens (tertiary/aromatic N) is 1. The minimum absolute atomic E-state index is 0. The van der Waals surface area contributed by atoms with E-state index in [4.69, 9.17) is 27.9 Å². The number of carbonyl (C=O) groups is 1. The summed E-state index contributed by atoms with van der Waals surface area (Å²) in [4.78, 5) is 14.2. The van der Waals surface area contributed by atoms with Crippen LogP contribution in [0.4, 0.5) is 0 Å². The number of likely N-dealkylation sites (tertiary alicyclic amines) is 1. The fourth-order valence-corrected chi connectivity index (χ4v) is 3.53. The van der Waals surface area contributed by atoms with Gasteiger partial charge in [0.1, 0.15) is 11.9 Å². The van der Waals surface area contributed by atoms with Gasteiger partial charge in [-0.2, -0.15) is 0 Å². The van der Waals surface area contributed by atoms with Crippen molar-refractivity contribution in [1.29, 1.82) is 0 Å². The number of rotatable bonds is 5. The Bertz CT molecular complexity index is 565. The average molecular weight is 394 g/mol. The topological polar surface area (TPSA) is 41.6 Å². The molecule has 2 atom stereocenters. The maximum absolute atomic E-state index is 12.3. The molecule has 2 fully saturated rings. The Morgan fingerprint density at radius 1 is 1.29 bits per heavy atom.